The Hall–Kier alpha value is -2.64. The molecule has 0 bridgehead atoms. The first-order chi connectivity index (χ1) is 12.6. The highest BCUT2D eigenvalue weighted by molar-refractivity contribution is 5.38. The van der Waals surface area contributed by atoms with E-state index in [1.165, 1.54) is 0 Å². The first-order valence-corrected chi connectivity index (χ1v) is 9.29. The summed E-state index contributed by atoms with van der Waals surface area (Å²) in [5, 5.41) is 0. The molecule has 0 saturated carbocycles. The number of hydrogen-bond acceptors (Lipinski definition) is 6. The number of aromatic nitrogens is 4. The molecule has 0 aliphatic carbocycles. The van der Waals surface area contributed by atoms with Gasteiger partial charge < -0.3 is 9.80 Å². The van der Waals surface area contributed by atoms with Gasteiger partial charge in [-0.15, -0.1) is 0 Å². The number of piperazine rings is 1. The standard InChI is InChI=1S/C18H26N6O2/c1-3-5-13-11-15(25)21-17(19-13)23-7-9-24(10-8-23)18-20-14(6-4-2)12-16(26)22-18/h11-12H,3-10H2,1-2H3,(H,19,21,25)(H,20,22,26). The highest BCUT2D eigenvalue weighted by atomic mass is 16.1. The Balaban J connectivity index is 1.72. The minimum Gasteiger partial charge on any atom is -0.339 e. The predicted molar refractivity (Wildman–Crippen MR) is 102 cm³/mol. The average Bonchev–Trinajstić information content (AvgIpc) is 2.61. The lowest BCUT2D eigenvalue weighted by molar-refractivity contribution is 0.622. The van der Waals surface area contributed by atoms with Crippen LogP contribution in [0.15, 0.2) is 21.7 Å². The van der Waals surface area contributed by atoms with Gasteiger partial charge >= 0.3 is 0 Å². The molecule has 0 atom stereocenters. The molecule has 0 amide bonds. The zero-order valence-corrected chi connectivity index (χ0v) is 15.4. The molecule has 1 aliphatic heterocycles. The molecule has 2 N–H and O–H groups in total. The van der Waals surface area contributed by atoms with Crippen LogP contribution in [0.25, 0.3) is 0 Å². The third-order valence-electron chi connectivity index (χ3n) is 4.46. The Morgan fingerprint density at radius 3 is 1.54 bits per heavy atom. The molecule has 3 rings (SSSR count). The van der Waals surface area contributed by atoms with Crippen molar-refractivity contribution in [2.75, 3.05) is 36.0 Å². The van der Waals surface area contributed by atoms with Crippen molar-refractivity contribution in [2.24, 2.45) is 0 Å². The van der Waals surface area contributed by atoms with Crippen LogP contribution >= 0.6 is 0 Å². The summed E-state index contributed by atoms with van der Waals surface area (Å²) in [5.74, 6) is 1.25. The van der Waals surface area contributed by atoms with E-state index in [0.717, 1.165) is 37.1 Å². The maximum Gasteiger partial charge on any atom is 0.252 e. The normalized spacial score (nSPS) is 14.7. The molecule has 0 aromatic carbocycles. The Morgan fingerprint density at radius 1 is 0.808 bits per heavy atom. The van der Waals surface area contributed by atoms with Crippen molar-refractivity contribution in [3.63, 3.8) is 0 Å². The topological polar surface area (TPSA) is 98.0 Å². The number of nitrogens with one attached hydrogen (secondary N) is 2. The zero-order chi connectivity index (χ0) is 18.5. The van der Waals surface area contributed by atoms with Crippen LogP contribution in [0, 0.1) is 0 Å². The second-order valence-corrected chi connectivity index (χ2v) is 6.59. The summed E-state index contributed by atoms with van der Waals surface area (Å²) in [6.07, 6.45) is 3.51. The van der Waals surface area contributed by atoms with Gasteiger partial charge in [0.25, 0.3) is 11.1 Å². The number of hydrogen-bond donors (Lipinski definition) is 2. The van der Waals surface area contributed by atoms with Crippen LogP contribution in [0.1, 0.15) is 38.1 Å². The smallest absolute Gasteiger partial charge is 0.252 e. The van der Waals surface area contributed by atoms with Crippen LogP contribution in [0.4, 0.5) is 11.9 Å². The van der Waals surface area contributed by atoms with E-state index >= 15 is 0 Å². The van der Waals surface area contributed by atoms with Gasteiger partial charge in [0, 0.05) is 49.7 Å². The summed E-state index contributed by atoms with van der Waals surface area (Å²) in [5.41, 5.74) is 1.43. The fourth-order valence-corrected chi connectivity index (χ4v) is 3.19. The summed E-state index contributed by atoms with van der Waals surface area (Å²) >= 11 is 0. The van der Waals surface area contributed by atoms with Crippen LogP contribution in [-0.4, -0.2) is 46.1 Å². The summed E-state index contributed by atoms with van der Waals surface area (Å²) in [6.45, 7) is 6.98. The van der Waals surface area contributed by atoms with Crippen molar-refractivity contribution in [1.82, 2.24) is 19.9 Å². The molecule has 26 heavy (non-hydrogen) atoms. The van der Waals surface area contributed by atoms with Crippen molar-refractivity contribution in [2.45, 2.75) is 39.5 Å². The third kappa shape index (κ3) is 4.30. The van der Waals surface area contributed by atoms with Crippen molar-refractivity contribution in [3.8, 4) is 0 Å². The van der Waals surface area contributed by atoms with Gasteiger partial charge in [-0.3, -0.25) is 19.6 Å². The van der Waals surface area contributed by atoms with E-state index in [0.29, 0.717) is 38.1 Å². The fraction of sp³-hybridized carbons (Fsp3) is 0.556. The van der Waals surface area contributed by atoms with E-state index in [1.807, 2.05) is 0 Å². The minimum absolute atomic E-state index is 0.112. The molecular weight excluding hydrogens is 332 g/mol. The molecule has 3 heterocycles. The molecule has 0 radical (unpaired) electrons. The Morgan fingerprint density at radius 2 is 1.19 bits per heavy atom. The van der Waals surface area contributed by atoms with Gasteiger partial charge in [-0.2, -0.15) is 0 Å². The molecule has 1 fully saturated rings. The van der Waals surface area contributed by atoms with Gasteiger partial charge in [0.05, 0.1) is 0 Å². The molecule has 0 unspecified atom stereocenters. The van der Waals surface area contributed by atoms with Gasteiger partial charge in [0.15, 0.2) is 0 Å². The third-order valence-corrected chi connectivity index (χ3v) is 4.46. The summed E-state index contributed by atoms with van der Waals surface area (Å²) in [7, 11) is 0. The van der Waals surface area contributed by atoms with E-state index < -0.39 is 0 Å². The zero-order valence-electron chi connectivity index (χ0n) is 15.4. The van der Waals surface area contributed by atoms with Crippen LogP contribution in [0.2, 0.25) is 0 Å². The number of nitrogens with zero attached hydrogens (tertiary/aromatic N) is 4. The van der Waals surface area contributed by atoms with Crippen molar-refractivity contribution >= 4 is 11.9 Å². The van der Waals surface area contributed by atoms with Crippen LogP contribution in [0.3, 0.4) is 0 Å². The summed E-state index contributed by atoms with van der Waals surface area (Å²) < 4.78 is 0. The van der Waals surface area contributed by atoms with E-state index in [2.05, 4.69) is 43.6 Å². The van der Waals surface area contributed by atoms with Crippen LogP contribution in [-0.2, 0) is 12.8 Å². The maximum atomic E-state index is 11.9. The highest BCUT2D eigenvalue weighted by Gasteiger charge is 2.21. The lowest BCUT2D eigenvalue weighted by atomic mass is 10.2. The Labute approximate surface area is 152 Å². The van der Waals surface area contributed by atoms with E-state index in [9.17, 15) is 9.59 Å². The van der Waals surface area contributed by atoms with Crippen molar-refractivity contribution < 1.29 is 0 Å². The van der Waals surface area contributed by atoms with Gasteiger partial charge in [-0.1, -0.05) is 26.7 Å². The van der Waals surface area contributed by atoms with Gasteiger partial charge in [-0.25, -0.2) is 9.97 Å². The highest BCUT2D eigenvalue weighted by Crippen LogP contribution is 2.14. The molecule has 1 saturated heterocycles. The van der Waals surface area contributed by atoms with E-state index in [-0.39, 0.29) is 11.1 Å². The van der Waals surface area contributed by atoms with Crippen molar-refractivity contribution in [1.29, 1.82) is 0 Å². The second kappa shape index (κ2) is 8.16. The lowest BCUT2D eigenvalue weighted by Gasteiger charge is -2.35. The number of rotatable bonds is 6. The van der Waals surface area contributed by atoms with Gasteiger partial charge in [0.2, 0.25) is 11.9 Å². The SMILES string of the molecule is CCCc1cc(=O)[nH]c(N2CCN(c3nc(CCC)cc(=O)[nH]3)CC2)n1. The molecule has 8 heteroatoms. The Bertz CT molecular complexity index is 780. The molecule has 1 aliphatic rings. The number of anilines is 2. The van der Waals surface area contributed by atoms with E-state index in [1.54, 1.807) is 12.1 Å². The Kier molecular flexibility index (Phi) is 5.70. The minimum atomic E-state index is -0.112. The summed E-state index contributed by atoms with van der Waals surface area (Å²) in [4.78, 5) is 42.7. The number of H-pyrrole nitrogens is 2. The van der Waals surface area contributed by atoms with Gasteiger partial charge in [0.1, 0.15) is 0 Å². The fourth-order valence-electron chi connectivity index (χ4n) is 3.19. The second-order valence-electron chi connectivity index (χ2n) is 6.59. The van der Waals surface area contributed by atoms with E-state index in [4.69, 9.17) is 0 Å². The maximum absolute atomic E-state index is 11.9. The molecule has 2 aromatic heterocycles. The predicted octanol–water partition coefficient (Wildman–Crippen LogP) is 1.08. The molecule has 140 valence electrons. The molecule has 8 nitrogen and oxygen atoms in total. The first-order valence-electron chi connectivity index (χ1n) is 9.29. The molecule has 2 aromatic rings. The first kappa shape index (κ1) is 18.2. The average molecular weight is 358 g/mol. The largest absolute Gasteiger partial charge is 0.339 e. The quantitative estimate of drug-likeness (QED) is 0.802. The monoisotopic (exact) mass is 358 g/mol. The van der Waals surface area contributed by atoms with Crippen LogP contribution in [0.5, 0.6) is 0 Å². The lowest BCUT2D eigenvalue weighted by Crippen LogP contribution is -2.48. The summed E-state index contributed by atoms with van der Waals surface area (Å²) in [6, 6.07) is 3.13. The molecule has 0 spiro atoms. The number of aromatic amines is 2. The molecular formula is C18H26N6O2. The number of aryl methyl sites for hydroxylation is 2. The van der Waals surface area contributed by atoms with Crippen molar-refractivity contribution in [3.05, 3.63) is 44.2 Å². The van der Waals surface area contributed by atoms with Crippen LogP contribution < -0.4 is 20.9 Å². The van der Waals surface area contributed by atoms with Gasteiger partial charge in [-0.05, 0) is 12.8 Å².